The highest BCUT2D eigenvalue weighted by Gasteiger charge is 2.40. The molecule has 1 aliphatic carbocycles. The van der Waals surface area contributed by atoms with Crippen LogP contribution in [0.2, 0.25) is 0 Å². The summed E-state index contributed by atoms with van der Waals surface area (Å²) in [5.41, 5.74) is 5.30. The quantitative estimate of drug-likeness (QED) is 0.501. The number of amides is 1. The van der Waals surface area contributed by atoms with Gasteiger partial charge in [-0.2, -0.15) is 0 Å². The molecule has 3 aromatic rings. The van der Waals surface area contributed by atoms with Crippen LogP contribution in [0.3, 0.4) is 0 Å². The largest absolute Gasteiger partial charge is 0.389 e. The van der Waals surface area contributed by atoms with Crippen molar-refractivity contribution in [2.75, 3.05) is 0 Å². The van der Waals surface area contributed by atoms with E-state index in [1.54, 1.807) is 6.07 Å². The maximum atomic E-state index is 13.3. The number of hydrogen-bond donors (Lipinski definition) is 1. The van der Waals surface area contributed by atoms with Crippen LogP contribution in [0.1, 0.15) is 78.7 Å². The van der Waals surface area contributed by atoms with E-state index in [1.807, 2.05) is 50.4 Å². The molecule has 0 bridgehead atoms. The molecule has 0 saturated heterocycles. The van der Waals surface area contributed by atoms with Crippen LogP contribution in [0.15, 0.2) is 60.0 Å². The summed E-state index contributed by atoms with van der Waals surface area (Å²) in [4.78, 5) is 27.9. The Labute approximate surface area is 204 Å². The summed E-state index contributed by atoms with van der Waals surface area (Å²) in [6.45, 7) is 3.82. The Balaban J connectivity index is 1.45. The van der Waals surface area contributed by atoms with Gasteiger partial charge < -0.3 is 10.2 Å². The van der Waals surface area contributed by atoms with Crippen LogP contribution < -0.4 is 5.32 Å². The number of aromatic nitrogens is 2. The molecular weight excluding hydrogens is 443 g/mol. The topological polar surface area (TPSA) is 76.5 Å². The molecular formula is C28H29FN4O2. The average molecular weight is 473 g/mol. The molecule has 2 aliphatic rings. The Bertz CT molecular complexity index is 1250. The predicted octanol–water partition coefficient (Wildman–Crippen LogP) is 5.91. The highest BCUT2D eigenvalue weighted by Crippen LogP contribution is 2.40. The fourth-order valence-electron chi connectivity index (χ4n) is 4.85. The number of hydrogen-bond acceptors (Lipinski definition) is 5. The second-order valence-corrected chi connectivity index (χ2v) is 9.67. The molecule has 1 aliphatic heterocycles. The van der Waals surface area contributed by atoms with Gasteiger partial charge in [0.15, 0.2) is 0 Å². The first-order chi connectivity index (χ1) is 16.9. The van der Waals surface area contributed by atoms with E-state index in [4.69, 9.17) is 4.84 Å². The molecule has 180 valence electrons. The van der Waals surface area contributed by atoms with Crippen LogP contribution >= 0.6 is 0 Å². The molecule has 0 unspecified atom stereocenters. The van der Waals surface area contributed by atoms with Crippen molar-refractivity contribution in [2.45, 2.75) is 64.0 Å². The third-order valence-corrected chi connectivity index (χ3v) is 6.88. The number of nitrogens with zero attached hydrogens (tertiary/aromatic N) is 3. The first-order valence-corrected chi connectivity index (χ1v) is 12.2. The van der Waals surface area contributed by atoms with Crippen LogP contribution in [-0.2, 0) is 4.84 Å². The minimum atomic E-state index is -0.412. The van der Waals surface area contributed by atoms with Crippen LogP contribution in [0.5, 0.6) is 0 Å². The second kappa shape index (κ2) is 9.56. The van der Waals surface area contributed by atoms with Crippen LogP contribution in [-0.4, -0.2) is 27.2 Å². The summed E-state index contributed by atoms with van der Waals surface area (Å²) in [7, 11) is 0. The zero-order valence-corrected chi connectivity index (χ0v) is 20.1. The summed E-state index contributed by atoms with van der Waals surface area (Å²) >= 11 is 0. The van der Waals surface area contributed by atoms with Crippen molar-refractivity contribution in [3.05, 3.63) is 83.1 Å². The van der Waals surface area contributed by atoms with E-state index in [2.05, 4.69) is 20.4 Å². The van der Waals surface area contributed by atoms with Crippen LogP contribution in [0.4, 0.5) is 4.39 Å². The SMILES string of the molecule is Cc1ccc(-c2cc(C(=O)N[C@H](C)c3ccc(F)cn3)cc(C3=NOC4(CCCCC4)C3)c2)nc1. The zero-order valence-electron chi connectivity index (χ0n) is 20.1. The molecule has 1 fully saturated rings. The van der Waals surface area contributed by atoms with Gasteiger partial charge in [0.2, 0.25) is 0 Å². The van der Waals surface area contributed by atoms with Gasteiger partial charge >= 0.3 is 0 Å². The Kier molecular flexibility index (Phi) is 6.32. The van der Waals surface area contributed by atoms with Crippen molar-refractivity contribution in [1.82, 2.24) is 15.3 Å². The number of oxime groups is 1. The molecule has 1 aromatic carbocycles. The number of carbonyl (C=O) groups excluding carboxylic acids is 1. The highest BCUT2D eigenvalue weighted by atomic mass is 19.1. The zero-order chi connectivity index (χ0) is 24.4. The Hall–Kier alpha value is -3.61. The minimum Gasteiger partial charge on any atom is -0.389 e. The van der Waals surface area contributed by atoms with E-state index in [-0.39, 0.29) is 17.6 Å². The molecule has 1 saturated carbocycles. The van der Waals surface area contributed by atoms with Gasteiger partial charge in [-0.15, -0.1) is 0 Å². The van der Waals surface area contributed by atoms with E-state index in [1.165, 1.54) is 12.5 Å². The molecule has 3 heterocycles. The summed E-state index contributed by atoms with van der Waals surface area (Å²) in [5, 5.41) is 7.45. The molecule has 1 amide bonds. The van der Waals surface area contributed by atoms with Gasteiger partial charge in [-0.3, -0.25) is 14.8 Å². The standard InChI is InChI=1S/C28H29FN4O2/c1-18-6-8-25(30-16-18)20-12-21(26-15-28(35-33-26)10-4-3-5-11-28)14-22(13-20)27(34)32-19(2)24-9-7-23(29)17-31-24/h6-9,12-14,16-17,19H,3-5,10-11,15H2,1-2H3,(H,32,34)/t19-/m1/s1. The van der Waals surface area contributed by atoms with Crippen molar-refractivity contribution < 1.29 is 14.0 Å². The maximum absolute atomic E-state index is 13.3. The van der Waals surface area contributed by atoms with Gasteiger partial charge in [0, 0.05) is 29.3 Å². The number of rotatable bonds is 5. The summed E-state index contributed by atoms with van der Waals surface area (Å²) in [6, 6.07) is 12.2. The third kappa shape index (κ3) is 5.09. The monoisotopic (exact) mass is 472 g/mol. The molecule has 7 heteroatoms. The number of benzene rings is 1. The van der Waals surface area contributed by atoms with Gasteiger partial charge in [-0.05, 0) is 81.5 Å². The highest BCUT2D eigenvalue weighted by molar-refractivity contribution is 6.05. The first kappa shape index (κ1) is 23.1. The minimum absolute atomic E-state index is 0.211. The lowest BCUT2D eigenvalue weighted by atomic mass is 9.80. The maximum Gasteiger partial charge on any atom is 0.251 e. The number of carbonyl (C=O) groups is 1. The Morgan fingerprint density at radius 1 is 1.03 bits per heavy atom. The number of nitrogens with one attached hydrogen (secondary N) is 1. The van der Waals surface area contributed by atoms with Crippen molar-refractivity contribution >= 4 is 11.6 Å². The van der Waals surface area contributed by atoms with Gasteiger partial charge in [-0.25, -0.2) is 4.39 Å². The second-order valence-electron chi connectivity index (χ2n) is 9.67. The number of aryl methyl sites for hydroxylation is 1. The van der Waals surface area contributed by atoms with Crippen LogP contribution in [0.25, 0.3) is 11.3 Å². The normalized spacial score (nSPS) is 17.5. The van der Waals surface area contributed by atoms with Crippen molar-refractivity contribution in [3.8, 4) is 11.3 Å². The molecule has 5 rings (SSSR count). The Morgan fingerprint density at radius 2 is 1.83 bits per heavy atom. The smallest absolute Gasteiger partial charge is 0.251 e. The van der Waals surface area contributed by atoms with Gasteiger partial charge in [0.05, 0.1) is 29.3 Å². The van der Waals surface area contributed by atoms with E-state index in [9.17, 15) is 9.18 Å². The Morgan fingerprint density at radius 3 is 2.54 bits per heavy atom. The van der Waals surface area contributed by atoms with Gasteiger partial charge in [0.25, 0.3) is 5.91 Å². The molecule has 2 aromatic heterocycles. The lowest BCUT2D eigenvalue weighted by Crippen LogP contribution is -2.31. The fourth-order valence-corrected chi connectivity index (χ4v) is 4.85. The van der Waals surface area contributed by atoms with Crippen molar-refractivity contribution in [2.24, 2.45) is 5.16 Å². The van der Waals surface area contributed by atoms with E-state index in [0.717, 1.165) is 66.4 Å². The van der Waals surface area contributed by atoms with Crippen molar-refractivity contribution in [1.29, 1.82) is 0 Å². The third-order valence-electron chi connectivity index (χ3n) is 6.88. The van der Waals surface area contributed by atoms with Gasteiger partial charge in [0.1, 0.15) is 11.4 Å². The number of halogens is 1. The average Bonchev–Trinajstić information content (AvgIpc) is 3.28. The summed E-state index contributed by atoms with van der Waals surface area (Å²) in [5.74, 6) is -0.656. The molecule has 0 radical (unpaired) electrons. The predicted molar refractivity (Wildman–Crippen MR) is 133 cm³/mol. The molecule has 1 N–H and O–H groups in total. The van der Waals surface area contributed by atoms with Crippen LogP contribution in [0, 0.1) is 12.7 Å². The molecule has 6 nitrogen and oxygen atoms in total. The number of pyridine rings is 2. The first-order valence-electron chi connectivity index (χ1n) is 12.2. The lowest BCUT2D eigenvalue weighted by molar-refractivity contribution is -0.0449. The summed E-state index contributed by atoms with van der Waals surface area (Å²) in [6.07, 6.45) is 9.27. The fraction of sp³-hybridized carbons (Fsp3) is 0.357. The van der Waals surface area contributed by atoms with Gasteiger partial charge in [-0.1, -0.05) is 17.6 Å². The van der Waals surface area contributed by atoms with E-state index in [0.29, 0.717) is 11.3 Å². The van der Waals surface area contributed by atoms with Crippen molar-refractivity contribution in [3.63, 3.8) is 0 Å². The van der Waals surface area contributed by atoms with E-state index >= 15 is 0 Å². The van der Waals surface area contributed by atoms with E-state index < -0.39 is 5.82 Å². The molecule has 35 heavy (non-hydrogen) atoms. The molecule has 1 atom stereocenters. The lowest BCUT2D eigenvalue weighted by Gasteiger charge is -2.30. The summed E-state index contributed by atoms with van der Waals surface area (Å²) < 4.78 is 13.3. The molecule has 1 spiro atoms.